The third-order valence-corrected chi connectivity index (χ3v) is 7.55. The highest BCUT2D eigenvalue weighted by molar-refractivity contribution is 8.76. The van der Waals surface area contributed by atoms with Crippen LogP contribution in [0.2, 0.25) is 0 Å². The van der Waals surface area contributed by atoms with Crippen LogP contribution < -0.4 is 0 Å². The van der Waals surface area contributed by atoms with E-state index in [-0.39, 0.29) is 0 Å². The maximum absolute atomic E-state index is 2.14. The smallest absolute Gasteiger partial charge is 0.0138 e. The average Bonchev–Trinajstić information content (AvgIpc) is 3.14. The van der Waals surface area contributed by atoms with Crippen LogP contribution in [0.3, 0.4) is 0 Å². The van der Waals surface area contributed by atoms with E-state index in [0.717, 1.165) is 10.5 Å². The number of hydrogen-bond acceptors (Lipinski definition) is 4. The quantitative estimate of drug-likeness (QED) is 0.300. The fourth-order valence-electron chi connectivity index (χ4n) is 1.65. The standard InChI is InChI=1S/C12H22S4/c1(5-11-9-13-11)3-7-15-16-8-4-2-6-12-10-14-12/h11-12H,1-10H2. The van der Waals surface area contributed by atoms with Crippen molar-refractivity contribution < 1.29 is 0 Å². The van der Waals surface area contributed by atoms with Crippen LogP contribution in [-0.2, 0) is 0 Å². The van der Waals surface area contributed by atoms with Crippen molar-refractivity contribution >= 4 is 45.1 Å². The summed E-state index contributed by atoms with van der Waals surface area (Å²) in [5, 5.41) is 2.11. The van der Waals surface area contributed by atoms with Gasteiger partial charge in [0.05, 0.1) is 0 Å². The van der Waals surface area contributed by atoms with Gasteiger partial charge in [0, 0.05) is 33.5 Å². The van der Waals surface area contributed by atoms with Crippen molar-refractivity contribution in [1.29, 1.82) is 0 Å². The van der Waals surface area contributed by atoms with Crippen LogP contribution in [0.25, 0.3) is 0 Å². The fraction of sp³-hybridized carbons (Fsp3) is 1.00. The Hall–Kier alpha value is 1.40. The monoisotopic (exact) mass is 294 g/mol. The molecule has 0 spiro atoms. The average molecular weight is 295 g/mol. The second-order valence-electron chi connectivity index (χ2n) is 4.55. The van der Waals surface area contributed by atoms with Gasteiger partial charge in [-0.1, -0.05) is 34.4 Å². The molecule has 2 rings (SSSR count). The zero-order chi connectivity index (χ0) is 11.1. The molecule has 0 N–H and O–H groups in total. The molecule has 0 aromatic heterocycles. The van der Waals surface area contributed by atoms with Crippen molar-refractivity contribution in [3.63, 3.8) is 0 Å². The Kier molecular flexibility index (Phi) is 7.34. The molecule has 0 nitrogen and oxygen atoms in total. The van der Waals surface area contributed by atoms with Gasteiger partial charge >= 0.3 is 0 Å². The lowest BCUT2D eigenvalue weighted by Gasteiger charge is -2.01. The summed E-state index contributed by atoms with van der Waals surface area (Å²) in [6.07, 6.45) is 8.76. The van der Waals surface area contributed by atoms with Gasteiger partial charge in [0.15, 0.2) is 0 Å². The molecule has 0 bridgehead atoms. The van der Waals surface area contributed by atoms with Crippen molar-refractivity contribution in [2.24, 2.45) is 0 Å². The van der Waals surface area contributed by atoms with Crippen LogP contribution in [0.4, 0.5) is 0 Å². The summed E-state index contributed by atoms with van der Waals surface area (Å²) >= 11 is 4.28. The van der Waals surface area contributed by atoms with Crippen molar-refractivity contribution in [2.45, 2.75) is 49.0 Å². The van der Waals surface area contributed by atoms with E-state index in [1.54, 1.807) is 0 Å². The molecule has 2 fully saturated rings. The summed E-state index contributed by atoms with van der Waals surface area (Å²) < 4.78 is 0. The van der Waals surface area contributed by atoms with E-state index in [0.29, 0.717) is 0 Å². The maximum Gasteiger partial charge on any atom is 0.0138 e. The number of unbranched alkanes of at least 4 members (excludes halogenated alkanes) is 2. The highest BCUT2D eigenvalue weighted by Gasteiger charge is 2.21. The molecule has 0 aliphatic carbocycles. The van der Waals surface area contributed by atoms with E-state index in [4.69, 9.17) is 0 Å². The molecule has 4 heteroatoms. The lowest BCUT2D eigenvalue weighted by atomic mass is 10.2. The number of rotatable bonds is 11. The summed E-state index contributed by atoms with van der Waals surface area (Å²) in [6, 6.07) is 0. The first-order valence-corrected chi connectivity index (χ1v) is 11.0. The molecule has 2 aliphatic heterocycles. The minimum atomic E-state index is 1.05. The third-order valence-electron chi connectivity index (χ3n) is 2.90. The van der Waals surface area contributed by atoms with E-state index < -0.39 is 0 Å². The van der Waals surface area contributed by atoms with Crippen LogP contribution in [0.15, 0.2) is 0 Å². The zero-order valence-electron chi connectivity index (χ0n) is 9.86. The van der Waals surface area contributed by atoms with Crippen molar-refractivity contribution in [3.8, 4) is 0 Å². The summed E-state index contributed by atoms with van der Waals surface area (Å²) in [6.45, 7) is 0. The summed E-state index contributed by atoms with van der Waals surface area (Å²) in [7, 11) is 4.21. The second kappa shape index (κ2) is 8.49. The van der Waals surface area contributed by atoms with Gasteiger partial charge in [0.2, 0.25) is 0 Å². The summed E-state index contributed by atoms with van der Waals surface area (Å²) in [5.41, 5.74) is 0. The molecule has 94 valence electrons. The van der Waals surface area contributed by atoms with E-state index in [2.05, 4.69) is 45.1 Å². The van der Waals surface area contributed by atoms with Gasteiger partial charge in [-0.3, -0.25) is 0 Å². The highest BCUT2D eigenvalue weighted by Crippen LogP contribution is 2.35. The Morgan fingerprint density at radius 3 is 1.56 bits per heavy atom. The fourth-order valence-corrected chi connectivity index (χ4v) is 5.22. The van der Waals surface area contributed by atoms with E-state index >= 15 is 0 Å². The van der Waals surface area contributed by atoms with Gasteiger partial charge in [0.25, 0.3) is 0 Å². The SMILES string of the molecule is C(CCC1CS1)CSSCCCCC1CS1. The zero-order valence-corrected chi connectivity index (χ0v) is 13.1. The molecule has 2 heterocycles. The van der Waals surface area contributed by atoms with Crippen molar-refractivity contribution in [3.05, 3.63) is 0 Å². The maximum atomic E-state index is 2.14. The first-order chi connectivity index (χ1) is 7.95. The Labute approximate surface area is 117 Å². The molecule has 0 aromatic rings. The van der Waals surface area contributed by atoms with Crippen LogP contribution in [-0.4, -0.2) is 33.5 Å². The Bertz CT molecular complexity index is 158. The van der Waals surface area contributed by atoms with Crippen LogP contribution in [0.1, 0.15) is 38.5 Å². The first-order valence-electron chi connectivity index (χ1n) is 6.43. The molecule has 0 saturated carbocycles. The molecule has 2 atom stereocenters. The Balaban J connectivity index is 1.22. The van der Waals surface area contributed by atoms with Gasteiger partial charge in [-0.15, -0.1) is 0 Å². The largest absolute Gasteiger partial charge is 0.157 e. The lowest BCUT2D eigenvalue weighted by Crippen LogP contribution is -1.86. The van der Waals surface area contributed by atoms with Crippen LogP contribution >= 0.6 is 45.1 Å². The van der Waals surface area contributed by atoms with Gasteiger partial charge in [0.1, 0.15) is 0 Å². The first kappa shape index (κ1) is 13.8. The molecule has 2 unspecified atom stereocenters. The third kappa shape index (κ3) is 7.67. The highest BCUT2D eigenvalue weighted by atomic mass is 33.1. The second-order valence-corrected chi connectivity index (χ2v) is 9.91. The Morgan fingerprint density at radius 2 is 1.19 bits per heavy atom. The van der Waals surface area contributed by atoms with Gasteiger partial charge in [-0.2, -0.15) is 23.5 Å². The molecule has 0 radical (unpaired) electrons. The molecule has 16 heavy (non-hydrogen) atoms. The molecular weight excluding hydrogens is 272 g/mol. The van der Waals surface area contributed by atoms with Gasteiger partial charge in [-0.05, 0) is 25.7 Å². The summed E-state index contributed by atoms with van der Waals surface area (Å²) in [5.74, 6) is 5.64. The molecule has 2 saturated heterocycles. The predicted octanol–water partition coefficient (Wildman–Crippen LogP) is 4.94. The van der Waals surface area contributed by atoms with Gasteiger partial charge in [-0.25, -0.2) is 0 Å². The number of hydrogen-bond donors (Lipinski definition) is 0. The summed E-state index contributed by atoms with van der Waals surface area (Å²) in [4.78, 5) is 0. The minimum absolute atomic E-state index is 1.05. The topological polar surface area (TPSA) is 0 Å². The number of thioether (sulfide) groups is 2. The van der Waals surface area contributed by atoms with Gasteiger partial charge < -0.3 is 0 Å². The molecule has 0 amide bonds. The molecule has 0 aromatic carbocycles. The Morgan fingerprint density at radius 1 is 0.750 bits per heavy atom. The predicted molar refractivity (Wildman–Crippen MR) is 85.1 cm³/mol. The molecule has 2 aliphatic rings. The van der Waals surface area contributed by atoms with Crippen LogP contribution in [0.5, 0.6) is 0 Å². The van der Waals surface area contributed by atoms with E-state index in [9.17, 15) is 0 Å². The van der Waals surface area contributed by atoms with E-state index in [1.807, 2.05) is 0 Å². The molecular formula is C12H22S4. The normalized spacial score (nSPS) is 27.0. The van der Waals surface area contributed by atoms with E-state index in [1.165, 1.54) is 61.5 Å². The minimum Gasteiger partial charge on any atom is -0.157 e. The van der Waals surface area contributed by atoms with Crippen LogP contribution in [0, 0.1) is 0 Å². The van der Waals surface area contributed by atoms with Crippen molar-refractivity contribution in [1.82, 2.24) is 0 Å². The van der Waals surface area contributed by atoms with Crippen molar-refractivity contribution in [2.75, 3.05) is 23.0 Å². The lowest BCUT2D eigenvalue weighted by molar-refractivity contribution is 0.745.